The van der Waals surface area contributed by atoms with Crippen molar-refractivity contribution in [3.63, 3.8) is 0 Å². The summed E-state index contributed by atoms with van der Waals surface area (Å²) < 4.78 is 5.35. The Morgan fingerprint density at radius 3 is 2.50 bits per heavy atom. The summed E-state index contributed by atoms with van der Waals surface area (Å²) in [5.41, 5.74) is 5.81. The molecule has 0 atom stereocenters. The van der Waals surface area contributed by atoms with Crippen molar-refractivity contribution in [3.05, 3.63) is 0 Å². The van der Waals surface area contributed by atoms with Crippen molar-refractivity contribution in [2.45, 2.75) is 32.7 Å². The summed E-state index contributed by atoms with van der Waals surface area (Å²) in [5, 5.41) is 0. The lowest BCUT2D eigenvalue weighted by atomic mass is 10.0. The van der Waals surface area contributed by atoms with Gasteiger partial charge in [0.25, 0.3) is 0 Å². The molecule has 0 unspecified atom stereocenters. The van der Waals surface area contributed by atoms with E-state index < -0.39 is 0 Å². The first kappa shape index (κ1) is 14.8. The zero-order valence-corrected chi connectivity index (χ0v) is 12.8. The summed E-state index contributed by atoms with van der Waals surface area (Å²) in [7, 11) is 1.99. The molecule has 0 radical (unpaired) electrons. The summed E-state index contributed by atoms with van der Waals surface area (Å²) >= 11 is 0. The fourth-order valence-electron chi connectivity index (χ4n) is 1.93. The van der Waals surface area contributed by atoms with Crippen LogP contribution >= 0.6 is 0 Å². The average molecular weight is 280 g/mol. The molecule has 1 aromatic heterocycles. The number of morpholine rings is 1. The fourth-order valence-corrected chi connectivity index (χ4v) is 1.93. The van der Waals surface area contributed by atoms with E-state index in [2.05, 4.69) is 45.5 Å². The lowest BCUT2D eigenvalue weighted by Crippen LogP contribution is -2.42. The van der Waals surface area contributed by atoms with Crippen LogP contribution in [0.5, 0.6) is 0 Å². The third-order valence-corrected chi connectivity index (χ3v) is 4.00. The molecule has 0 saturated carbocycles. The Bertz CT molecular complexity index is 458. The van der Waals surface area contributed by atoms with Crippen molar-refractivity contribution in [2.75, 3.05) is 48.9 Å². The first-order valence-electron chi connectivity index (χ1n) is 7.02. The molecule has 20 heavy (non-hydrogen) atoms. The van der Waals surface area contributed by atoms with Crippen LogP contribution in [0.1, 0.15) is 27.2 Å². The van der Waals surface area contributed by atoms with Crippen molar-refractivity contribution < 1.29 is 4.74 Å². The average Bonchev–Trinajstić information content (AvgIpc) is 2.46. The van der Waals surface area contributed by atoms with Crippen LogP contribution < -0.4 is 15.5 Å². The predicted octanol–water partition coefficient (Wildman–Crippen LogP) is 0.915. The minimum absolute atomic E-state index is 0.0317. The molecule has 0 amide bonds. The number of ether oxygens (including phenoxy) is 1. The predicted molar refractivity (Wildman–Crippen MR) is 80.0 cm³/mol. The molecule has 112 valence electrons. The van der Waals surface area contributed by atoms with Crippen molar-refractivity contribution in [3.8, 4) is 0 Å². The van der Waals surface area contributed by atoms with Gasteiger partial charge in [-0.2, -0.15) is 15.0 Å². The zero-order valence-electron chi connectivity index (χ0n) is 12.8. The zero-order chi connectivity index (χ0) is 14.8. The quantitative estimate of drug-likeness (QED) is 0.878. The first-order chi connectivity index (χ1) is 9.44. The fraction of sp³-hybridized carbons (Fsp3) is 0.769. The maximum Gasteiger partial charge on any atom is 0.232 e. The van der Waals surface area contributed by atoms with Gasteiger partial charge in [0.05, 0.1) is 13.2 Å². The summed E-state index contributed by atoms with van der Waals surface area (Å²) in [6.07, 6.45) is 0.988. The van der Waals surface area contributed by atoms with E-state index >= 15 is 0 Å². The van der Waals surface area contributed by atoms with E-state index in [0.717, 1.165) is 19.5 Å². The van der Waals surface area contributed by atoms with E-state index in [9.17, 15) is 0 Å². The van der Waals surface area contributed by atoms with E-state index in [1.165, 1.54) is 0 Å². The Morgan fingerprint density at radius 1 is 1.25 bits per heavy atom. The van der Waals surface area contributed by atoms with Crippen LogP contribution in [0.2, 0.25) is 0 Å². The summed E-state index contributed by atoms with van der Waals surface area (Å²) in [5.74, 6) is 1.51. The molecule has 7 heteroatoms. The minimum atomic E-state index is -0.0317. The Labute approximate surface area is 120 Å². The van der Waals surface area contributed by atoms with Gasteiger partial charge in [-0.25, -0.2) is 0 Å². The first-order valence-corrected chi connectivity index (χ1v) is 7.02. The van der Waals surface area contributed by atoms with E-state index in [1.54, 1.807) is 0 Å². The third kappa shape index (κ3) is 3.09. The van der Waals surface area contributed by atoms with Crippen LogP contribution in [-0.4, -0.2) is 53.8 Å². The highest BCUT2D eigenvalue weighted by atomic mass is 16.5. The van der Waals surface area contributed by atoms with Gasteiger partial charge in [-0.3, -0.25) is 0 Å². The van der Waals surface area contributed by atoms with Gasteiger partial charge in [0.2, 0.25) is 17.8 Å². The highest BCUT2D eigenvalue weighted by Gasteiger charge is 2.25. The standard InChI is InChI=1S/C13H24N6O/c1-5-13(2,3)18(4)11-15-10(14)16-12(17-11)19-6-8-20-9-7-19/h5-9H2,1-4H3,(H2,14,15,16,17). The van der Waals surface area contributed by atoms with Gasteiger partial charge in [0.15, 0.2) is 0 Å². The Hall–Kier alpha value is -1.63. The Kier molecular flexibility index (Phi) is 4.27. The third-order valence-electron chi connectivity index (χ3n) is 4.00. The van der Waals surface area contributed by atoms with Gasteiger partial charge >= 0.3 is 0 Å². The number of hydrogen-bond acceptors (Lipinski definition) is 7. The smallest absolute Gasteiger partial charge is 0.232 e. The van der Waals surface area contributed by atoms with Crippen molar-refractivity contribution >= 4 is 17.8 Å². The number of nitrogens with zero attached hydrogens (tertiary/aromatic N) is 5. The molecular weight excluding hydrogens is 256 g/mol. The molecule has 1 saturated heterocycles. The van der Waals surface area contributed by atoms with Gasteiger partial charge in [-0.05, 0) is 20.3 Å². The molecule has 7 nitrogen and oxygen atoms in total. The Morgan fingerprint density at radius 2 is 1.90 bits per heavy atom. The maximum absolute atomic E-state index is 5.84. The maximum atomic E-state index is 5.84. The molecule has 1 aliphatic heterocycles. The molecule has 1 aliphatic rings. The van der Waals surface area contributed by atoms with Crippen molar-refractivity contribution in [1.82, 2.24) is 15.0 Å². The molecule has 1 fully saturated rings. The summed E-state index contributed by atoms with van der Waals surface area (Å²) in [4.78, 5) is 17.2. The highest BCUT2D eigenvalue weighted by Crippen LogP contribution is 2.23. The molecule has 0 spiro atoms. The molecule has 1 aromatic rings. The van der Waals surface area contributed by atoms with Gasteiger partial charge < -0.3 is 20.3 Å². The van der Waals surface area contributed by atoms with Gasteiger partial charge in [0.1, 0.15) is 0 Å². The number of rotatable bonds is 4. The molecule has 0 bridgehead atoms. The largest absolute Gasteiger partial charge is 0.378 e. The van der Waals surface area contributed by atoms with Gasteiger partial charge in [0, 0.05) is 25.7 Å². The monoisotopic (exact) mass is 280 g/mol. The second-order valence-corrected chi connectivity index (χ2v) is 5.62. The van der Waals surface area contributed by atoms with Crippen molar-refractivity contribution in [1.29, 1.82) is 0 Å². The number of nitrogen functional groups attached to an aromatic ring is 1. The lowest BCUT2D eigenvalue weighted by Gasteiger charge is -2.35. The molecule has 0 aromatic carbocycles. The van der Waals surface area contributed by atoms with E-state index in [1.807, 2.05) is 7.05 Å². The van der Waals surface area contributed by atoms with Crippen LogP contribution in [0.15, 0.2) is 0 Å². The van der Waals surface area contributed by atoms with E-state index in [4.69, 9.17) is 10.5 Å². The molecule has 0 aliphatic carbocycles. The summed E-state index contributed by atoms with van der Waals surface area (Å²) in [6.45, 7) is 9.40. The highest BCUT2D eigenvalue weighted by molar-refractivity contribution is 5.44. The van der Waals surface area contributed by atoms with Gasteiger partial charge in [-0.1, -0.05) is 6.92 Å². The van der Waals surface area contributed by atoms with E-state index in [0.29, 0.717) is 25.1 Å². The van der Waals surface area contributed by atoms with Crippen LogP contribution in [0.3, 0.4) is 0 Å². The van der Waals surface area contributed by atoms with Crippen LogP contribution in [0.25, 0.3) is 0 Å². The lowest BCUT2D eigenvalue weighted by molar-refractivity contribution is 0.122. The normalized spacial score (nSPS) is 16.3. The molecular formula is C13H24N6O. The summed E-state index contributed by atoms with van der Waals surface area (Å²) in [6, 6.07) is 0. The number of nitrogens with two attached hydrogens (primary N) is 1. The Balaban J connectivity index is 2.28. The van der Waals surface area contributed by atoms with Crippen LogP contribution in [0, 0.1) is 0 Å². The second-order valence-electron chi connectivity index (χ2n) is 5.62. The van der Waals surface area contributed by atoms with Crippen molar-refractivity contribution in [2.24, 2.45) is 0 Å². The van der Waals surface area contributed by atoms with Crippen LogP contribution in [-0.2, 0) is 4.74 Å². The van der Waals surface area contributed by atoms with Gasteiger partial charge in [-0.15, -0.1) is 0 Å². The number of anilines is 3. The minimum Gasteiger partial charge on any atom is -0.378 e. The molecule has 2 rings (SSSR count). The van der Waals surface area contributed by atoms with Crippen LogP contribution in [0.4, 0.5) is 17.8 Å². The SMILES string of the molecule is CCC(C)(C)N(C)c1nc(N)nc(N2CCOCC2)n1. The molecule has 2 N–H and O–H groups in total. The van der Waals surface area contributed by atoms with E-state index in [-0.39, 0.29) is 11.5 Å². The number of aromatic nitrogens is 3. The molecule has 2 heterocycles. The number of hydrogen-bond donors (Lipinski definition) is 1. The topological polar surface area (TPSA) is 80.4 Å². The second kappa shape index (κ2) is 5.78.